The van der Waals surface area contributed by atoms with E-state index >= 15 is 0 Å². The average molecular weight is 619 g/mol. The van der Waals surface area contributed by atoms with Gasteiger partial charge in [0.15, 0.2) is 0 Å². The fourth-order valence-electron chi connectivity index (χ4n) is 4.09. The van der Waals surface area contributed by atoms with E-state index in [9.17, 15) is 22.4 Å². The van der Waals surface area contributed by atoms with E-state index in [2.05, 4.69) is 21.2 Å². The molecule has 0 aromatic heterocycles. The second-order valence-corrected chi connectivity index (χ2v) is 11.8. The minimum Gasteiger partial charge on any atom is -0.354 e. The maximum absolute atomic E-state index is 13.9. The van der Waals surface area contributed by atoms with Crippen LogP contribution in [0.3, 0.4) is 0 Å². The highest BCUT2D eigenvalue weighted by Crippen LogP contribution is 2.27. The second kappa shape index (κ2) is 14.2. The standard InChI is InChI=1S/C29H33BrFN3O4S/c1-3-5-18-32-29(36)27(4-2)33(20-22-14-16-24(31)17-15-22)28(35)21-34(25-11-9-10-23(30)19-25)39(37,38)26-12-7-6-8-13-26/h6-17,19,27H,3-5,18,20-21H2,1-2H3,(H,32,36)/t27-/m0/s1. The normalized spacial score (nSPS) is 12.0. The molecule has 3 aromatic rings. The van der Waals surface area contributed by atoms with Crippen LogP contribution >= 0.6 is 15.9 Å². The molecule has 7 nitrogen and oxygen atoms in total. The van der Waals surface area contributed by atoms with Gasteiger partial charge in [0.1, 0.15) is 18.4 Å². The Labute approximate surface area is 238 Å². The lowest BCUT2D eigenvalue weighted by Crippen LogP contribution is -2.52. The molecule has 0 spiro atoms. The first-order valence-corrected chi connectivity index (χ1v) is 15.1. The minimum absolute atomic E-state index is 0.0104. The zero-order valence-electron chi connectivity index (χ0n) is 22.0. The highest BCUT2D eigenvalue weighted by Gasteiger charge is 2.33. The first-order chi connectivity index (χ1) is 18.7. The van der Waals surface area contributed by atoms with E-state index in [1.807, 2.05) is 6.92 Å². The molecular weight excluding hydrogens is 585 g/mol. The van der Waals surface area contributed by atoms with Crippen molar-refractivity contribution in [2.45, 2.75) is 50.6 Å². The molecule has 10 heteroatoms. The van der Waals surface area contributed by atoms with Gasteiger partial charge in [0.2, 0.25) is 11.8 Å². The van der Waals surface area contributed by atoms with Crippen LogP contribution in [0, 0.1) is 5.82 Å². The molecule has 0 aliphatic rings. The van der Waals surface area contributed by atoms with Crippen molar-refractivity contribution in [1.29, 1.82) is 0 Å². The van der Waals surface area contributed by atoms with Crippen molar-refractivity contribution < 1.29 is 22.4 Å². The fraction of sp³-hybridized carbons (Fsp3) is 0.310. The molecule has 0 radical (unpaired) electrons. The molecule has 0 bridgehead atoms. The summed E-state index contributed by atoms with van der Waals surface area (Å²) in [7, 11) is -4.13. The van der Waals surface area contributed by atoms with Crippen molar-refractivity contribution in [3.63, 3.8) is 0 Å². The van der Waals surface area contributed by atoms with Crippen molar-refractivity contribution in [2.75, 3.05) is 17.4 Å². The number of hydrogen-bond donors (Lipinski definition) is 1. The van der Waals surface area contributed by atoms with Crippen molar-refractivity contribution in [1.82, 2.24) is 10.2 Å². The number of rotatable bonds is 13. The Balaban J connectivity index is 2.02. The van der Waals surface area contributed by atoms with E-state index in [4.69, 9.17) is 0 Å². The van der Waals surface area contributed by atoms with Crippen LogP contribution in [-0.2, 0) is 26.2 Å². The number of carbonyl (C=O) groups excluding carboxylic acids is 2. The van der Waals surface area contributed by atoms with Gasteiger partial charge in [-0.25, -0.2) is 12.8 Å². The third-order valence-electron chi connectivity index (χ3n) is 6.19. The highest BCUT2D eigenvalue weighted by atomic mass is 79.9. The van der Waals surface area contributed by atoms with Gasteiger partial charge in [0.25, 0.3) is 10.0 Å². The van der Waals surface area contributed by atoms with Crippen LogP contribution in [0.1, 0.15) is 38.7 Å². The molecule has 0 fully saturated rings. The molecule has 0 unspecified atom stereocenters. The van der Waals surface area contributed by atoms with Gasteiger partial charge in [-0.1, -0.05) is 72.6 Å². The summed E-state index contributed by atoms with van der Waals surface area (Å²) in [5.74, 6) is -1.30. The molecule has 0 aliphatic carbocycles. The van der Waals surface area contributed by atoms with Crippen LogP contribution in [0.15, 0.2) is 88.2 Å². The number of sulfonamides is 1. The maximum atomic E-state index is 13.9. The summed E-state index contributed by atoms with van der Waals surface area (Å²) in [6.07, 6.45) is 2.00. The summed E-state index contributed by atoms with van der Waals surface area (Å²) in [6, 6.07) is 19.4. The van der Waals surface area contributed by atoms with Crippen LogP contribution in [0.25, 0.3) is 0 Å². The summed E-state index contributed by atoms with van der Waals surface area (Å²) in [5, 5.41) is 2.88. The van der Waals surface area contributed by atoms with Crippen molar-refractivity contribution >= 4 is 43.5 Å². The molecule has 39 heavy (non-hydrogen) atoms. The number of benzene rings is 3. The van der Waals surface area contributed by atoms with Crippen LogP contribution in [0.4, 0.5) is 10.1 Å². The number of anilines is 1. The zero-order chi connectivity index (χ0) is 28.4. The topological polar surface area (TPSA) is 86.8 Å². The summed E-state index contributed by atoms with van der Waals surface area (Å²) in [4.78, 5) is 28.5. The summed E-state index contributed by atoms with van der Waals surface area (Å²) in [6.45, 7) is 3.75. The lowest BCUT2D eigenvalue weighted by atomic mass is 10.1. The molecule has 2 amide bonds. The van der Waals surface area contributed by atoms with Gasteiger partial charge in [-0.3, -0.25) is 13.9 Å². The largest absolute Gasteiger partial charge is 0.354 e. The molecule has 0 heterocycles. The Morgan fingerprint density at radius 3 is 2.28 bits per heavy atom. The van der Waals surface area contributed by atoms with Crippen LogP contribution < -0.4 is 9.62 Å². The van der Waals surface area contributed by atoms with E-state index in [0.717, 1.165) is 17.1 Å². The molecule has 0 saturated heterocycles. The SMILES string of the molecule is CCCCNC(=O)[C@H](CC)N(Cc1ccc(F)cc1)C(=O)CN(c1cccc(Br)c1)S(=O)(=O)c1ccccc1. The third-order valence-corrected chi connectivity index (χ3v) is 8.47. The van der Waals surface area contributed by atoms with Crippen molar-refractivity contribution in [3.05, 3.63) is 94.7 Å². The van der Waals surface area contributed by atoms with E-state index in [0.29, 0.717) is 28.7 Å². The number of carbonyl (C=O) groups is 2. The monoisotopic (exact) mass is 617 g/mol. The number of halogens is 2. The number of nitrogens with zero attached hydrogens (tertiary/aromatic N) is 2. The molecule has 0 aliphatic heterocycles. The summed E-state index contributed by atoms with van der Waals surface area (Å²) in [5.41, 5.74) is 0.910. The lowest BCUT2D eigenvalue weighted by Gasteiger charge is -2.33. The van der Waals surface area contributed by atoms with E-state index < -0.39 is 34.3 Å². The first kappa shape index (κ1) is 30.3. The van der Waals surface area contributed by atoms with E-state index in [-0.39, 0.29) is 17.3 Å². The fourth-order valence-corrected chi connectivity index (χ4v) is 5.91. The van der Waals surface area contributed by atoms with Crippen molar-refractivity contribution in [3.8, 4) is 0 Å². The smallest absolute Gasteiger partial charge is 0.264 e. The predicted molar refractivity (Wildman–Crippen MR) is 154 cm³/mol. The Morgan fingerprint density at radius 1 is 0.974 bits per heavy atom. The first-order valence-electron chi connectivity index (χ1n) is 12.8. The number of nitrogens with one attached hydrogen (secondary N) is 1. The van der Waals surface area contributed by atoms with Gasteiger partial charge in [-0.15, -0.1) is 0 Å². The Morgan fingerprint density at radius 2 is 1.67 bits per heavy atom. The van der Waals surface area contributed by atoms with Crippen LogP contribution in [0.5, 0.6) is 0 Å². The Hall–Kier alpha value is -3.24. The third kappa shape index (κ3) is 8.12. The lowest BCUT2D eigenvalue weighted by molar-refractivity contribution is -0.140. The van der Waals surface area contributed by atoms with Gasteiger partial charge in [-0.05, 0) is 60.9 Å². The highest BCUT2D eigenvalue weighted by molar-refractivity contribution is 9.10. The van der Waals surface area contributed by atoms with Crippen LogP contribution in [0.2, 0.25) is 0 Å². The molecule has 1 N–H and O–H groups in total. The van der Waals surface area contributed by atoms with Crippen LogP contribution in [-0.4, -0.2) is 44.3 Å². The Bertz CT molecular complexity index is 1350. The number of unbranched alkanes of at least 4 members (excludes halogenated alkanes) is 1. The summed E-state index contributed by atoms with van der Waals surface area (Å²) < 4.78 is 42.8. The zero-order valence-corrected chi connectivity index (χ0v) is 24.4. The van der Waals surface area contributed by atoms with Gasteiger partial charge in [0.05, 0.1) is 10.6 Å². The minimum atomic E-state index is -4.13. The molecule has 3 aromatic carbocycles. The van der Waals surface area contributed by atoms with E-state index in [1.54, 1.807) is 61.5 Å². The molecule has 3 rings (SSSR count). The molecular formula is C29H33BrFN3O4S. The second-order valence-electron chi connectivity index (χ2n) is 9.02. The average Bonchev–Trinajstić information content (AvgIpc) is 2.93. The predicted octanol–water partition coefficient (Wildman–Crippen LogP) is 5.51. The number of amides is 2. The van der Waals surface area contributed by atoms with Gasteiger partial charge < -0.3 is 10.2 Å². The summed E-state index contributed by atoms with van der Waals surface area (Å²) >= 11 is 3.38. The van der Waals surface area contributed by atoms with E-state index in [1.165, 1.54) is 29.2 Å². The van der Waals surface area contributed by atoms with Gasteiger partial charge >= 0.3 is 0 Å². The van der Waals surface area contributed by atoms with Gasteiger partial charge in [0, 0.05) is 17.6 Å². The molecule has 208 valence electrons. The molecule has 1 atom stereocenters. The quantitative estimate of drug-likeness (QED) is 0.256. The molecule has 0 saturated carbocycles. The number of hydrogen-bond acceptors (Lipinski definition) is 4. The van der Waals surface area contributed by atoms with Crippen molar-refractivity contribution in [2.24, 2.45) is 0 Å². The van der Waals surface area contributed by atoms with Gasteiger partial charge in [-0.2, -0.15) is 0 Å². The Kier molecular flexibility index (Phi) is 11.1. The maximum Gasteiger partial charge on any atom is 0.264 e.